The first-order valence-electron chi connectivity index (χ1n) is 16.8. The number of alkyl carbamates (subject to hydrolysis) is 1. The molecule has 2 N–H and O–H groups in total. The van der Waals surface area contributed by atoms with Crippen LogP contribution in [0.3, 0.4) is 0 Å². The topological polar surface area (TPSA) is 113 Å². The monoisotopic (exact) mass is 667 g/mol. The van der Waals surface area contributed by atoms with E-state index in [9.17, 15) is 14.7 Å². The number of rotatable bonds is 19. The molecular formula is C36H65NO8Si. The molecule has 0 fully saturated rings. The van der Waals surface area contributed by atoms with Crippen LogP contribution in [0.15, 0.2) is 18.2 Å². The number of methoxy groups -OCH3 is 2. The molecule has 46 heavy (non-hydrogen) atoms. The largest absolute Gasteiger partial charge is 0.493 e. The molecule has 10 heteroatoms. The van der Waals surface area contributed by atoms with E-state index >= 15 is 0 Å². The lowest BCUT2D eigenvalue weighted by atomic mass is 9.80. The third-order valence-electron chi connectivity index (χ3n) is 8.99. The third-order valence-corrected chi connectivity index (χ3v) is 13.5. The van der Waals surface area contributed by atoms with Crippen LogP contribution >= 0.6 is 0 Å². The number of amides is 1. The van der Waals surface area contributed by atoms with E-state index in [0.29, 0.717) is 31.1 Å². The fourth-order valence-electron chi connectivity index (χ4n) is 5.09. The normalized spacial score (nSPS) is 15.3. The fourth-order valence-corrected chi connectivity index (χ4v) is 6.46. The zero-order chi connectivity index (χ0) is 35.5. The standard InChI is InChI=1S/C36H65NO8Si/c1-24(2)27(20-26-16-17-30(42-12)32(21-26)43-19-15-18-41-11)22-29(37-34(40)44-35(5,6)7)31(23-28(25(3)4)33(38)39)45-46(13,14)36(8,9)10/h16-17,21,24-25,27-29,31H,15,18-20,22-23H2,1-14H3,(H,37,40)(H,38,39)/t27-,28-,29-,31+/m0/s1. The Morgan fingerprint density at radius 3 is 2.02 bits per heavy atom. The maximum atomic E-state index is 13.3. The lowest BCUT2D eigenvalue weighted by Crippen LogP contribution is -2.54. The maximum Gasteiger partial charge on any atom is 0.407 e. The average molecular weight is 668 g/mol. The van der Waals surface area contributed by atoms with E-state index in [0.717, 1.165) is 18.4 Å². The Balaban J connectivity index is 3.59. The Labute approximate surface area is 280 Å². The summed E-state index contributed by atoms with van der Waals surface area (Å²) in [4.78, 5) is 25.8. The first-order valence-corrected chi connectivity index (χ1v) is 19.7. The summed E-state index contributed by atoms with van der Waals surface area (Å²) >= 11 is 0. The number of benzene rings is 1. The van der Waals surface area contributed by atoms with Gasteiger partial charge in [0.05, 0.1) is 31.8 Å². The van der Waals surface area contributed by atoms with E-state index in [1.165, 1.54) is 0 Å². The zero-order valence-corrected chi connectivity index (χ0v) is 32.2. The van der Waals surface area contributed by atoms with Crippen molar-refractivity contribution in [2.24, 2.45) is 23.7 Å². The van der Waals surface area contributed by atoms with Crippen molar-refractivity contribution >= 4 is 20.4 Å². The van der Waals surface area contributed by atoms with Crippen LogP contribution in [0.2, 0.25) is 18.1 Å². The smallest absolute Gasteiger partial charge is 0.407 e. The maximum absolute atomic E-state index is 13.3. The van der Waals surface area contributed by atoms with Gasteiger partial charge in [-0.05, 0) is 93.6 Å². The molecule has 1 rings (SSSR count). The molecule has 0 bridgehead atoms. The second kappa shape index (κ2) is 18.3. The van der Waals surface area contributed by atoms with Gasteiger partial charge in [-0.25, -0.2) is 4.79 Å². The highest BCUT2D eigenvalue weighted by Crippen LogP contribution is 2.40. The quantitative estimate of drug-likeness (QED) is 0.112. The van der Waals surface area contributed by atoms with Crippen molar-refractivity contribution in [2.45, 2.75) is 131 Å². The van der Waals surface area contributed by atoms with Crippen molar-refractivity contribution in [3.05, 3.63) is 23.8 Å². The molecule has 0 aliphatic rings. The fraction of sp³-hybridized carbons (Fsp3) is 0.778. The summed E-state index contributed by atoms with van der Waals surface area (Å²) in [5.74, 6) is 0.145. The van der Waals surface area contributed by atoms with Gasteiger partial charge < -0.3 is 33.8 Å². The summed E-state index contributed by atoms with van der Waals surface area (Å²) < 4.78 is 29.5. The van der Waals surface area contributed by atoms with Gasteiger partial charge in [-0.2, -0.15) is 0 Å². The second-order valence-corrected chi connectivity index (χ2v) is 20.5. The highest BCUT2D eigenvalue weighted by Gasteiger charge is 2.43. The van der Waals surface area contributed by atoms with Crippen LogP contribution < -0.4 is 14.8 Å². The van der Waals surface area contributed by atoms with Crippen molar-refractivity contribution in [3.8, 4) is 11.5 Å². The average Bonchev–Trinajstić information content (AvgIpc) is 2.90. The highest BCUT2D eigenvalue weighted by molar-refractivity contribution is 6.74. The molecule has 0 aliphatic heterocycles. The molecule has 1 aromatic rings. The van der Waals surface area contributed by atoms with E-state index in [-0.39, 0.29) is 29.2 Å². The Hall–Kier alpha value is -2.30. The number of carboxylic acids is 1. The summed E-state index contributed by atoms with van der Waals surface area (Å²) in [5.41, 5.74) is 0.399. The molecule has 0 aliphatic carbocycles. The Morgan fingerprint density at radius 1 is 0.913 bits per heavy atom. The second-order valence-electron chi connectivity index (χ2n) is 15.7. The summed E-state index contributed by atoms with van der Waals surface area (Å²) in [7, 11) is 0.923. The molecule has 0 unspecified atom stereocenters. The van der Waals surface area contributed by atoms with Gasteiger partial charge in [0.2, 0.25) is 0 Å². The minimum Gasteiger partial charge on any atom is -0.493 e. The van der Waals surface area contributed by atoms with E-state index in [4.69, 9.17) is 23.4 Å². The predicted molar refractivity (Wildman–Crippen MR) is 187 cm³/mol. The molecular weight excluding hydrogens is 602 g/mol. The molecule has 1 amide bonds. The van der Waals surface area contributed by atoms with Crippen LogP contribution in [0, 0.1) is 23.7 Å². The molecule has 4 atom stereocenters. The van der Waals surface area contributed by atoms with Crippen molar-refractivity contribution in [2.75, 3.05) is 27.4 Å². The first-order chi connectivity index (χ1) is 21.1. The van der Waals surface area contributed by atoms with Crippen molar-refractivity contribution < 1.29 is 38.1 Å². The first kappa shape index (κ1) is 41.7. The molecule has 266 valence electrons. The van der Waals surface area contributed by atoms with Gasteiger partial charge in [0, 0.05) is 20.1 Å². The van der Waals surface area contributed by atoms with Gasteiger partial charge in [0.25, 0.3) is 0 Å². The number of aliphatic carboxylic acids is 1. The van der Waals surface area contributed by atoms with E-state index in [1.54, 1.807) is 14.2 Å². The Morgan fingerprint density at radius 2 is 1.54 bits per heavy atom. The van der Waals surface area contributed by atoms with Crippen LogP contribution in [-0.2, 0) is 25.1 Å². The number of carboxylic acid groups (broad SMARTS) is 1. The summed E-state index contributed by atoms with van der Waals surface area (Å²) in [5, 5.41) is 13.3. The molecule has 0 radical (unpaired) electrons. The lowest BCUT2D eigenvalue weighted by Gasteiger charge is -2.43. The molecule has 0 aromatic heterocycles. The third kappa shape index (κ3) is 14.2. The Bertz CT molecular complexity index is 1080. The van der Waals surface area contributed by atoms with Crippen LogP contribution in [-0.4, -0.2) is 70.7 Å². The molecule has 9 nitrogen and oxygen atoms in total. The van der Waals surface area contributed by atoms with Gasteiger partial charge in [-0.15, -0.1) is 0 Å². The molecule has 1 aromatic carbocycles. The van der Waals surface area contributed by atoms with Crippen LogP contribution in [0.4, 0.5) is 4.79 Å². The minimum atomic E-state index is -2.38. The number of hydrogen-bond acceptors (Lipinski definition) is 7. The van der Waals surface area contributed by atoms with Gasteiger partial charge in [-0.3, -0.25) is 4.79 Å². The van der Waals surface area contributed by atoms with Crippen molar-refractivity contribution in [1.82, 2.24) is 5.32 Å². The van der Waals surface area contributed by atoms with Crippen LogP contribution in [0.5, 0.6) is 11.5 Å². The van der Waals surface area contributed by atoms with Gasteiger partial charge in [0.15, 0.2) is 19.8 Å². The lowest BCUT2D eigenvalue weighted by molar-refractivity contribution is -0.144. The van der Waals surface area contributed by atoms with E-state index in [1.807, 2.05) is 46.8 Å². The van der Waals surface area contributed by atoms with Crippen LogP contribution in [0.25, 0.3) is 0 Å². The molecule has 0 saturated heterocycles. The Kier molecular flexibility index (Phi) is 16.6. The number of ether oxygens (including phenoxy) is 4. The van der Waals surface area contributed by atoms with Gasteiger partial charge in [-0.1, -0.05) is 54.5 Å². The van der Waals surface area contributed by atoms with Gasteiger partial charge >= 0.3 is 12.1 Å². The molecule has 0 spiro atoms. The van der Waals surface area contributed by atoms with Crippen molar-refractivity contribution in [1.29, 1.82) is 0 Å². The predicted octanol–water partition coefficient (Wildman–Crippen LogP) is 8.35. The summed E-state index contributed by atoms with van der Waals surface area (Å²) in [6.07, 6.45) is 1.30. The summed E-state index contributed by atoms with van der Waals surface area (Å²) in [6, 6.07) is 5.54. The van der Waals surface area contributed by atoms with E-state index < -0.39 is 44.0 Å². The highest BCUT2D eigenvalue weighted by atomic mass is 28.4. The summed E-state index contributed by atoms with van der Waals surface area (Å²) in [6.45, 7) is 25.7. The zero-order valence-electron chi connectivity index (χ0n) is 31.2. The van der Waals surface area contributed by atoms with Gasteiger partial charge in [0.1, 0.15) is 5.60 Å². The number of carbonyl (C=O) groups excluding carboxylic acids is 1. The molecule has 0 heterocycles. The van der Waals surface area contributed by atoms with Crippen molar-refractivity contribution in [3.63, 3.8) is 0 Å². The number of nitrogens with one attached hydrogen (secondary N) is 1. The van der Waals surface area contributed by atoms with E-state index in [2.05, 4.69) is 59.1 Å². The SMILES string of the molecule is COCCCOc1cc(C[C@@H](C[C@H](NC(=O)OC(C)(C)C)[C@@H](C[C@H](C(=O)O)C(C)C)O[Si](C)(C)C(C)(C)C)C(C)C)ccc1OC. The molecule has 0 saturated carbocycles. The minimum absolute atomic E-state index is 0.104. The number of hydrogen-bond donors (Lipinski definition) is 2. The number of carbonyl (C=O) groups is 2. The van der Waals surface area contributed by atoms with Crippen LogP contribution in [0.1, 0.15) is 94.1 Å².